The Morgan fingerprint density at radius 3 is 2.11 bits per heavy atom. The summed E-state index contributed by atoms with van der Waals surface area (Å²) in [5.74, 6) is 0. The Labute approximate surface area is 205 Å². The summed E-state index contributed by atoms with van der Waals surface area (Å²) in [4.78, 5) is 1.28. The van der Waals surface area contributed by atoms with Crippen LogP contribution in [0.3, 0.4) is 0 Å². The van der Waals surface area contributed by atoms with E-state index in [0.717, 1.165) is 11.0 Å². The van der Waals surface area contributed by atoms with E-state index >= 15 is 0 Å². The van der Waals surface area contributed by atoms with Crippen molar-refractivity contribution in [3.05, 3.63) is 115 Å². The van der Waals surface area contributed by atoms with E-state index in [9.17, 15) is 0 Å². The van der Waals surface area contributed by atoms with Crippen molar-refractivity contribution in [2.24, 2.45) is 0 Å². The molecule has 0 unspecified atom stereocenters. The van der Waals surface area contributed by atoms with Gasteiger partial charge in [-0.25, -0.2) is 4.52 Å². The Morgan fingerprint density at radius 2 is 1.26 bits per heavy atom. The van der Waals surface area contributed by atoms with Crippen LogP contribution in [0.25, 0.3) is 64.4 Å². The predicted octanol–water partition coefficient (Wildman–Crippen LogP) is 8.47. The molecule has 0 aliphatic rings. The van der Waals surface area contributed by atoms with Gasteiger partial charge < -0.3 is 4.57 Å². The van der Waals surface area contributed by atoms with Crippen molar-refractivity contribution in [2.75, 3.05) is 0 Å². The van der Waals surface area contributed by atoms with Crippen molar-refractivity contribution in [1.82, 2.24) is 14.2 Å². The van der Waals surface area contributed by atoms with Gasteiger partial charge in [0.2, 0.25) is 0 Å². The van der Waals surface area contributed by atoms with Crippen LogP contribution in [0, 0.1) is 0 Å². The lowest BCUT2D eigenvalue weighted by Crippen LogP contribution is -1.92. The number of hydrogen-bond donors (Lipinski definition) is 0. The zero-order valence-corrected chi connectivity index (χ0v) is 19.5. The Kier molecular flexibility index (Phi) is 3.82. The van der Waals surface area contributed by atoms with Gasteiger partial charge in [0.1, 0.15) is 0 Å². The largest absolute Gasteiger partial charge is 0.309 e. The van der Waals surface area contributed by atoms with E-state index in [0.29, 0.717) is 0 Å². The average molecular weight is 466 g/mol. The number of hydrogen-bond acceptors (Lipinski definition) is 2. The zero-order chi connectivity index (χ0) is 22.9. The summed E-state index contributed by atoms with van der Waals surface area (Å²) in [7, 11) is 0. The van der Waals surface area contributed by atoms with Crippen LogP contribution < -0.4 is 0 Å². The molecule has 164 valence electrons. The number of rotatable bonds is 2. The second-order valence-corrected chi connectivity index (χ2v) is 9.97. The Morgan fingerprint density at radius 1 is 0.543 bits per heavy atom. The second-order valence-electron chi connectivity index (χ2n) is 8.92. The van der Waals surface area contributed by atoms with Crippen LogP contribution in [0.4, 0.5) is 0 Å². The molecule has 0 spiro atoms. The minimum atomic E-state index is 1.14. The Balaban J connectivity index is 1.42. The number of pyridine rings is 1. The van der Waals surface area contributed by atoms with Gasteiger partial charge in [0.25, 0.3) is 0 Å². The molecular weight excluding hydrogens is 446 g/mol. The van der Waals surface area contributed by atoms with Gasteiger partial charge in [-0.3, -0.25) is 0 Å². The van der Waals surface area contributed by atoms with Gasteiger partial charge in [-0.1, -0.05) is 60.7 Å². The van der Waals surface area contributed by atoms with E-state index in [4.69, 9.17) is 0 Å². The quantitative estimate of drug-likeness (QED) is 0.251. The fourth-order valence-electron chi connectivity index (χ4n) is 5.46. The number of aromatic nitrogens is 3. The van der Waals surface area contributed by atoms with Crippen molar-refractivity contribution in [3.63, 3.8) is 0 Å². The Bertz CT molecular complexity index is 2060. The molecule has 4 heteroatoms. The molecule has 4 aromatic heterocycles. The molecule has 8 aromatic rings. The van der Waals surface area contributed by atoms with Crippen molar-refractivity contribution < 1.29 is 0 Å². The van der Waals surface area contributed by atoms with Gasteiger partial charge in [0.15, 0.2) is 0 Å². The van der Waals surface area contributed by atoms with E-state index in [2.05, 4.69) is 123 Å². The number of nitrogens with zero attached hydrogens (tertiary/aromatic N) is 3. The molecular formula is C31H19N3S. The van der Waals surface area contributed by atoms with E-state index in [1.807, 2.05) is 17.5 Å². The first-order valence-corrected chi connectivity index (χ1v) is 12.6. The molecule has 8 rings (SSSR count). The molecule has 4 heterocycles. The number of benzene rings is 4. The lowest BCUT2D eigenvalue weighted by molar-refractivity contribution is 1.01. The summed E-state index contributed by atoms with van der Waals surface area (Å²) in [5.41, 5.74) is 7.20. The number of para-hydroxylation sites is 3. The average Bonchev–Trinajstić information content (AvgIpc) is 3.65. The van der Waals surface area contributed by atoms with Gasteiger partial charge in [0, 0.05) is 32.1 Å². The third-order valence-electron chi connectivity index (χ3n) is 7.00. The molecule has 0 saturated carbocycles. The highest BCUT2D eigenvalue weighted by molar-refractivity contribution is 7.23. The standard InChI is InChI=1S/C31H19N3S/c1-2-8-21(9-3-1)33-26-12-6-4-10-22(26)24-18-20(14-15-27(24)33)30-19-25-23-11-5-7-13-28(23)34-29(16-17-32-34)31(25)35-30/h1-19H. The summed E-state index contributed by atoms with van der Waals surface area (Å²) < 4.78 is 5.71. The highest BCUT2D eigenvalue weighted by atomic mass is 32.1. The summed E-state index contributed by atoms with van der Waals surface area (Å²) in [6.07, 6.45) is 1.89. The monoisotopic (exact) mass is 465 g/mol. The van der Waals surface area contributed by atoms with E-state index in [1.54, 1.807) is 0 Å². The van der Waals surface area contributed by atoms with E-state index in [1.165, 1.54) is 53.4 Å². The molecule has 0 atom stereocenters. The van der Waals surface area contributed by atoms with Crippen LogP contribution in [0.1, 0.15) is 0 Å². The lowest BCUT2D eigenvalue weighted by atomic mass is 10.1. The third kappa shape index (κ3) is 2.63. The van der Waals surface area contributed by atoms with Crippen molar-refractivity contribution in [2.45, 2.75) is 0 Å². The molecule has 0 bridgehead atoms. The third-order valence-corrected chi connectivity index (χ3v) is 8.21. The second kappa shape index (κ2) is 7.05. The molecule has 0 aliphatic heterocycles. The maximum atomic E-state index is 4.61. The van der Waals surface area contributed by atoms with Crippen LogP contribution in [-0.2, 0) is 0 Å². The highest BCUT2D eigenvalue weighted by Gasteiger charge is 2.16. The summed E-state index contributed by atoms with van der Waals surface area (Å²) >= 11 is 1.85. The summed E-state index contributed by atoms with van der Waals surface area (Å²) in [6.45, 7) is 0. The van der Waals surface area contributed by atoms with Gasteiger partial charge in [-0.2, -0.15) is 5.10 Å². The van der Waals surface area contributed by atoms with Crippen molar-refractivity contribution in [1.29, 1.82) is 0 Å². The normalized spacial score (nSPS) is 12.0. The summed E-state index contributed by atoms with van der Waals surface area (Å²) in [5, 5.41) is 9.69. The molecule has 0 radical (unpaired) electrons. The first-order chi connectivity index (χ1) is 17.4. The fourth-order valence-corrected chi connectivity index (χ4v) is 6.64. The first-order valence-electron chi connectivity index (χ1n) is 11.7. The topological polar surface area (TPSA) is 22.2 Å². The predicted molar refractivity (Wildman–Crippen MR) is 148 cm³/mol. The Hall–Kier alpha value is -4.41. The molecule has 0 amide bonds. The van der Waals surface area contributed by atoms with Crippen LogP contribution in [0.5, 0.6) is 0 Å². The van der Waals surface area contributed by atoms with Gasteiger partial charge in [-0.15, -0.1) is 11.3 Å². The fraction of sp³-hybridized carbons (Fsp3) is 0. The minimum absolute atomic E-state index is 1.14. The lowest BCUT2D eigenvalue weighted by Gasteiger charge is -2.07. The maximum absolute atomic E-state index is 4.61. The molecule has 35 heavy (non-hydrogen) atoms. The smallest absolute Gasteiger partial charge is 0.0847 e. The van der Waals surface area contributed by atoms with Crippen molar-refractivity contribution >= 4 is 59.6 Å². The summed E-state index contributed by atoms with van der Waals surface area (Å²) in [6, 6.07) is 39.2. The van der Waals surface area contributed by atoms with Crippen LogP contribution in [-0.4, -0.2) is 14.2 Å². The molecule has 0 N–H and O–H groups in total. The molecule has 0 saturated heterocycles. The molecule has 0 aliphatic carbocycles. The molecule has 4 aromatic carbocycles. The van der Waals surface area contributed by atoms with Gasteiger partial charge in [0.05, 0.1) is 33.0 Å². The SMILES string of the molecule is c1ccc(-n2c3ccccc3c3cc(-c4cc5c6ccccc6n6nccc6c5s4)ccc32)cc1. The van der Waals surface area contributed by atoms with Crippen LogP contribution in [0.2, 0.25) is 0 Å². The first kappa shape index (κ1) is 19.0. The minimum Gasteiger partial charge on any atom is -0.309 e. The van der Waals surface area contributed by atoms with Gasteiger partial charge in [-0.05, 0) is 54.1 Å². The van der Waals surface area contributed by atoms with Crippen molar-refractivity contribution in [3.8, 4) is 16.1 Å². The molecule has 0 fully saturated rings. The molecule has 3 nitrogen and oxygen atoms in total. The number of fused-ring (bicyclic) bond motifs is 9. The van der Waals surface area contributed by atoms with Crippen LogP contribution in [0.15, 0.2) is 115 Å². The highest BCUT2D eigenvalue weighted by Crippen LogP contribution is 2.41. The van der Waals surface area contributed by atoms with Gasteiger partial charge >= 0.3 is 0 Å². The van der Waals surface area contributed by atoms with E-state index in [-0.39, 0.29) is 0 Å². The number of thiophene rings is 1. The maximum Gasteiger partial charge on any atom is 0.0847 e. The van der Waals surface area contributed by atoms with E-state index < -0.39 is 0 Å². The van der Waals surface area contributed by atoms with Crippen LogP contribution >= 0.6 is 11.3 Å². The zero-order valence-electron chi connectivity index (χ0n) is 18.7.